The van der Waals surface area contributed by atoms with Gasteiger partial charge in [0.05, 0.1) is 28.7 Å². The van der Waals surface area contributed by atoms with Crippen molar-refractivity contribution in [3.8, 4) is 11.4 Å². The molecule has 7 nitrogen and oxygen atoms in total. The molecule has 10 heteroatoms. The number of aromatic nitrogens is 2. The van der Waals surface area contributed by atoms with Crippen molar-refractivity contribution in [1.29, 1.82) is 0 Å². The Morgan fingerprint density at radius 2 is 1.76 bits per heavy atom. The Labute approximate surface area is 190 Å². The zero-order valence-electron chi connectivity index (χ0n) is 18.8. The van der Waals surface area contributed by atoms with E-state index in [4.69, 9.17) is 0 Å². The number of carbonyl (C=O) groups is 1. The molecule has 1 amide bonds. The highest BCUT2D eigenvalue weighted by Crippen LogP contribution is 2.28. The number of aliphatic hydroxyl groups is 1. The summed E-state index contributed by atoms with van der Waals surface area (Å²) in [6.45, 7) is 6.54. The average molecular weight is 467 g/mol. The molecule has 1 N–H and O–H groups in total. The summed E-state index contributed by atoms with van der Waals surface area (Å²) in [6, 6.07) is 5.98. The van der Waals surface area contributed by atoms with Crippen LogP contribution in [-0.4, -0.2) is 75.3 Å². The van der Waals surface area contributed by atoms with E-state index in [1.165, 1.54) is 22.9 Å². The molecule has 1 aromatic carbocycles. The van der Waals surface area contributed by atoms with Gasteiger partial charge < -0.3 is 19.6 Å². The molecule has 0 saturated carbocycles. The summed E-state index contributed by atoms with van der Waals surface area (Å²) in [4.78, 5) is 17.6. The molecule has 2 saturated heterocycles. The quantitative estimate of drug-likeness (QED) is 0.748. The molecule has 2 fully saturated rings. The van der Waals surface area contributed by atoms with Crippen LogP contribution in [0.25, 0.3) is 5.69 Å². The van der Waals surface area contributed by atoms with E-state index in [2.05, 4.69) is 14.7 Å². The van der Waals surface area contributed by atoms with Gasteiger partial charge in [-0.25, -0.2) is 4.68 Å². The summed E-state index contributed by atoms with van der Waals surface area (Å²) in [6.07, 6.45) is -1.63. The van der Waals surface area contributed by atoms with E-state index in [1.54, 1.807) is 19.9 Å². The minimum absolute atomic E-state index is 0.105. The second kappa shape index (κ2) is 9.34. The van der Waals surface area contributed by atoms with Crippen molar-refractivity contribution in [3.63, 3.8) is 0 Å². The molecule has 2 aromatic rings. The molecule has 0 radical (unpaired) electrons. The second-order valence-electron chi connectivity index (χ2n) is 8.79. The number of rotatable bonds is 4. The number of likely N-dealkylation sites (tertiary alicyclic amines) is 2. The molecule has 1 aromatic heterocycles. The molecule has 0 bridgehead atoms. The van der Waals surface area contributed by atoms with Crippen LogP contribution >= 0.6 is 0 Å². The van der Waals surface area contributed by atoms with Crippen molar-refractivity contribution in [2.24, 2.45) is 0 Å². The van der Waals surface area contributed by atoms with Crippen molar-refractivity contribution in [2.75, 3.05) is 26.2 Å². The van der Waals surface area contributed by atoms with Crippen LogP contribution in [0.2, 0.25) is 0 Å². The lowest BCUT2D eigenvalue weighted by Gasteiger charge is -2.41. The van der Waals surface area contributed by atoms with Crippen molar-refractivity contribution < 1.29 is 27.8 Å². The van der Waals surface area contributed by atoms with Gasteiger partial charge in [0.1, 0.15) is 5.75 Å². The molecule has 0 unspecified atom stereocenters. The number of alkyl halides is 3. The van der Waals surface area contributed by atoms with Gasteiger partial charge in [0, 0.05) is 38.3 Å². The van der Waals surface area contributed by atoms with E-state index in [-0.39, 0.29) is 17.8 Å². The zero-order chi connectivity index (χ0) is 23.8. The Bertz CT molecular complexity index is 991. The predicted molar refractivity (Wildman–Crippen MR) is 115 cm³/mol. The Balaban J connectivity index is 1.46. The summed E-state index contributed by atoms with van der Waals surface area (Å²) in [5.74, 6) is -0.445. The summed E-state index contributed by atoms with van der Waals surface area (Å²) in [7, 11) is 0. The first-order valence-electron chi connectivity index (χ1n) is 11.3. The van der Waals surface area contributed by atoms with Gasteiger partial charge >= 0.3 is 6.36 Å². The molecule has 2 aliphatic heterocycles. The van der Waals surface area contributed by atoms with Crippen LogP contribution in [0.3, 0.4) is 0 Å². The SMILES string of the molecule is Cc1nn(-c2cccc(OC(F)(F)F)c2)c(C)c1C(=O)N1CCC(N2CCC(O)CC2)CC1. The van der Waals surface area contributed by atoms with E-state index < -0.39 is 6.36 Å². The number of amides is 1. The first-order chi connectivity index (χ1) is 15.6. The molecule has 4 rings (SSSR count). The first kappa shape index (κ1) is 23.6. The number of hydrogen-bond acceptors (Lipinski definition) is 5. The van der Waals surface area contributed by atoms with Gasteiger partial charge in [0.25, 0.3) is 5.91 Å². The Hall–Kier alpha value is -2.59. The van der Waals surface area contributed by atoms with Crippen molar-refractivity contribution >= 4 is 5.91 Å². The molecule has 180 valence electrons. The van der Waals surface area contributed by atoms with Gasteiger partial charge in [-0.1, -0.05) is 6.07 Å². The topological polar surface area (TPSA) is 70.8 Å². The Morgan fingerprint density at radius 1 is 1.09 bits per heavy atom. The number of aryl methyl sites for hydroxylation is 1. The lowest BCUT2D eigenvalue weighted by atomic mass is 9.98. The maximum atomic E-state index is 13.3. The van der Waals surface area contributed by atoms with Gasteiger partial charge in [-0.2, -0.15) is 5.10 Å². The standard InChI is InChI=1S/C23H29F3N4O3/c1-15-21(16(2)30(27-15)18-4-3-5-20(14-18)33-23(24,25)26)22(32)29-10-6-17(7-11-29)28-12-8-19(31)9-13-28/h3-5,14,17,19,31H,6-13H2,1-2H3. The summed E-state index contributed by atoms with van der Waals surface area (Å²) in [5.41, 5.74) is 1.99. The number of piperidine rings is 2. The summed E-state index contributed by atoms with van der Waals surface area (Å²) < 4.78 is 43.3. The van der Waals surface area contributed by atoms with E-state index in [9.17, 15) is 23.1 Å². The largest absolute Gasteiger partial charge is 0.573 e. The van der Waals surface area contributed by atoms with Gasteiger partial charge in [0.15, 0.2) is 0 Å². The Kier molecular flexibility index (Phi) is 6.67. The van der Waals surface area contributed by atoms with E-state index >= 15 is 0 Å². The number of nitrogens with zero attached hydrogens (tertiary/aromatic N) is 4. The number of ether oxygens (including phenoxy) is 1. The highest BCUT2D eigenvalue weighted by Gasteiger charge is 2.33. The third-order valence-corrected chi connectivity index (χ3v) is 6.57. The monoisotopic (exact) mass is 466 g/mol. The van der Waals surface area contributed by atoms with Crippen LogP contribution in [0.4, 0.5) is 13.2 Å². The lowest BCUT2D eigenvalue weighted by Crippen LogP contribution is -2.49. The van der Waals surface area contributed by atoms with Crippen molar-refractivity contribution in [1.82, 2.24) is 19.6 Å². The second-order valence-corrected chi connectivity index (χ2v) is 8.79. The van der Waals surface area contributed by atoms with E-state index in [0.29, 0.717) is 41.8 Å². The van der Waals surface area contributed by atoms with Crippen molar-refractivity contribution in [3.05, 3.63) is 41.2 Å². The third kappa shape index (κ3) is 5.33. The number of aliphatic hydroxyl groups excluding tert-OH is 1. The molecule has 2 aliphatic rings. The fourth-order valence-corrected chi connectivity index (χ4v) is 4.86. The van der Waals surface area contributed by atoms with Gasteiger partial charge in [0.2, 0.25) is 0 Å². The normalized spacial score (nSPS) is 19.2. The average Bonchev–Trinajstić information content (AvgIpc) is 3.07. The fraction of sp³-hybridized carbons (Fsp3) is 0.565. The molecule has 33 heavy (non-hydrogen) atoms. The summed E-state index contributed by atoms with van der Waals surface area (Å²) in [5, 5.41) is 14.2. The van der Waals surface area contributed by atoms with Crippen LogP contribution in [0.15, 0.2) is 24.3 Å². The third-order valence-electron chi connectivity index (χ3n) is 6.57. The van der Waals surface area contributed by atoms with Gasteiger partial charge in [-0.3, -0.25) is 4.79 Å². The molecular weight excluding hydrogens is 437 g/mol. The van der Waals surface area contributed by atoms with Crippen molar-refractivity contribution in [2.45, 2.75) is 58.0 Å². The number of hydrogen-bond donors (Lipinski definition) is 1. The smallest absolute Gasteiger partial charge is 0.406 e. The lowest BCUT2D eigenvalue weighted by molar-refractivity contribution is -0.274. The maximum absolute atomic E-state index is 13.3. The van der Waals surface area contributed by atoms with Crippen LogP contribution in [-0.2, 0) is 0 Å². The van der Waals surface area contributed by atoms with Crippen LogP contribution < -0.4 is 4.74 Å². The van der Waals surface area contributed by atoms with E-state index in [1.807, 2.05) is 4.90 Å². The molecule has 0 atom stereocenters. The highest BCUT2D eigenvalue weighted by atomic mass is 19.4. The molecule has 0 spiro atoms. The van der Waals surface area contributed by atoms with Gasteiger partial charge in [-0.05, 0) is 51.7 Å². The number of halogens is 3. The molecule has 3 heterocycles. The van der Waals surface area contributed by atoms with Gasteiger partial charge in [-0.15, -0.1) is 13.2 Å². The predicted octanol–water partition coefficient (Wildman–Crippen LogP) is 3.45. The Morgan fingerprint density at radius 3 is 2.39 bits per heavy atom. The summed E-state index contributed by atoms with van der Waals surface area (Å²) >= 11 is 0. The molecular formula is C23H29F3N4O3. The highest BCUT2D eigenvalue weighted by molar-refractivity contribution is 5.96. The van der Waals surface area contributed by atoms with E-state index in [0.717, 1.165) is 38.8 Å². The van der Waals surface area contributed by atoms with Crippen LogP contribution in [0.1, 0.15) is 47.4 Å². The minimum atomic E-state index is -4.78. The fourth-order valence-electron chi connectivity index (χ4n) is 4.86. The number of benzene rings is 1. The molecule has 0 aliphatic carbocycles. The number of carbonyl (C=O) groups excluding carboxylic acids is 1. The minimum Gasteiger partial charge on any atom is -0.406 e. The maximum Gasteiger partial charge on any atom is 0.573 e. The van der Waals surface area contributed by atoms with Crippen LogP contribution in [0, 0.1) is 13.8 Å². The first-order valence-corrected chi connectivity index (χ1v) is 11.3. The zero-order valence-corrected chi connectivity index (χ0v) is 18.8. The van der Waals surface area contributed by atoms with Crippen LogP contribution in [0.5, 0.6) is 5.75 Å².